The molecule has 3 unspecified atom stereocenters. The molecule has 7 heteroatoms. The fourth-order valence-electron chi connectivity index (χ4n) is 4.40. The molecule has 2 aliphatic carbocycles. The van der Waals surface area contributed by atoms with E-state index in [0.29, 0.717) is 0 Å². The van der Waals surface area contributed by atoms with Gasteiger partial charge in [-0.1, -0.05) is 0 Å². The van der Waals surface area contributed by atoms with Gasteiger partial charge in [-0.05, 0) is 38.5 Å². The molecule has 0 aromatic carbocycles. The Balaban J connectivity index is 1.37. The molecule has 7 nitrogen and oxygen atoms in total. The topological polar surface area (TPSA) is 95.4 Å². The molecule has 2 saturated carbocycles. The van der Waals surface area contributed by atoms with E-state index in [1.165, 1.54) is 0 Å². The monoisotopic (exact) mass is 364 g/mol. The van der Waals surface area contributed by atoms with Crippen molar-refractivity contribution >= 4 is 5.91 Å². The Bertz CT molecular complexity index is 496. The van der Waals surface area contributed by atoms with Crippen molar-refractivity contribution in [1.82, 2.24) is 16.0 Å². The summed E-state index contributed by atoms with van der Waals surface area (Å²) in [7, 11) is 1.68. The molecule has 3 rings (SSSR count). The summed E-state index contributed by atoms with van der Waals surface area (Å²) in [6, 6.07) is 2.62. The maximum absolute atomic E-state index is 12.3. The van der Waals surface area contributed by atoms with Gasteiger partial charge in [0.05, 0.1) is 36.2 Å². The van der Waals surface area contributed by atoms with E-state index in [9.17, 15) is 10.1 Å². The minimum absolute atomic E-state index is 0.00503. The zero-order valence-electron chi connectivity index (χ0n) is 15.7. The molecule has 1 amide bonds. The van der Waals surface area contributed by atoms with Gasteiger partial charge in [-0.3, -0.25) is 4.79 Å². The number of ether oxygens (including phenoxy) is 2. The molecular formula is C19H32N4O3. The maximum Gasteiger partial charge on any atom is 0.225 e. The van der Waals surface area contributed by atoms with Crippen molar-refractivity contribution < 1.29 is 14.3 Å². The van der Waals surface area contributed by atoms with E-state index < -0.39 is 0 Å². The number of hydrogen-bond donors (Lipinski definition) is 3. The zero-order chi connectivity index (χ0) is 18.4. The molecule has 3 N–H and O–H groups in total. The van der Waals surface area contributed by atoms with Crippen molar-refractivity contribution in [2.24, 2.45) is 11.8 Å². The second kappa shape index (κ2) is 9.65. The van der Waals surface area contributed by atoms with Gasteiger partial charge in [0, 0.05) is 39.3 Å². The number of nitriles is 1. The average Bonchev–Trinajstić information content (AvgIpc) is 2.70. The lowest BCUT2D eigenvalue weighted by molar-refractivity contribution is -0.126. The molecule has 0 spiro atoms. The van der Waals surface area contributed by atoms with Crippen LogP contribution in [0.4, 0.5) is 0 Å². The first-order valence-electron chi connectivity index (χ1n) is 9.99. The van der Waals surface area contributed by atoms with E-state index in [1.807, 2.05) is 0 Å². The van der Waals surface area contributed by atoms with Gasteiger partial charge in [0.2, 0.25) is 5.91 Å². The fourth-order valence-corrected chi connectivity index (χ4v) is 4.40. The Morgan fingerprint density at radius 2 is 1.77 bits per heavy atom. The molecule has 1 heterocycles. The van der Waals surface area contributed by atoms with Gasteiger partial charge < -0.3 is 25.4 Å². The Kier molecular flexibility index (Phi) is 7.26. The minimum Gasteiger partial charge on any atom is -0.380 e. The highest BCUT2D eigenvalue weighted by Crippen LogP contribution is 2.31. The highest BCUT2D eigenvalue weighted by atomic mass is 16.5. The molecule has 1 aliphatic heterocycles. The molecular weight excluding hydrogens is 332 g/mol. The number of carbonyl (C=O) groups is 1. The van der Waals surface area contributed by atoms with E-state index in [2.05, 4.69) is 22.0 Å². The molecule has 0 radical (unpaired) electrons. The molecule has 1 saturated heterocycles. The number of amides is 1. The normalized spacial score (nSPS) is 36.2. The lowest BCUT2D eigenvalue weighted by atomic mass is 9.85. The first kappa shape index (κ1) is 19.6. The summed E-state index contributed by atoms with van der Waals surface area (Å²) < 4.78 is 11.8. The highest BCUT2D eigenvalue weighted by Gasteiger charge is 2.33. The summed E-state index contributed by atoms with van der Waals surface area (Å²) in [4.78, 5) is 12.3. The maximum atomic E-state index is 12.3. The van der Waals surface area contributed by atoms with Crippen LogP contribution in [0.15, 0.2) is 0 Å². The molecule has 0 bridgehead atoms. The molecule has 3 fully saturated rings. The van der Waals surface area contributed by atoms with Gasteiger partial charge in [-0.15, -0.1) is 0 Å². The number of nitrogens with zero attached hydrogens (tertiary/aromatic N) is 1. The Morgan fingerprint density at radius 1 is 1.08 bits per heavy atom. The van der Waals surface area contributed by atoms with Gasteiger partial charge in [0.1, 0.15) is 0 Å². The van der Waals surface area contributed by atoms with Crippen LogP contribution in [0.3, 0.4) is 0 Å². The number of hydrogen-bond acceptors (Lipinski definition) is 6. The van der Waals surface area contributed by atoms with Crippen LogP contribution < -0.4 is 16.0 Å². The van der Waals surface area contributed by atoms with Crippen LogP contribution in [0, 0.1) is 23.2 Å². The zero-order valence-corrected chi connectivity index (χ0v) is 15.7. The van der Waals surface area contributed by atoms with Crippen molar-refractivity contribution in [3.63, 3.8) is 0 Å². The summed E-state index contributed by atoms with van der Waals surface area (Å²) >= 11 is 0. The Morgan fingerprint density at radius 3 is 2.42 bits per heavy atom. The van der Waals surface area contributed by atoms with Crippen molar-refractivity contribution in [3.05, 3.63) is 0 Å². The van der Waals surface area contributed by atoms with Crippen LogP contribution >= 0.6 is 0 Å². The van der Waals surface area contributed by atoms with Crippen molar-refractivity contribution in [2.45, 2.75) is 69.3 Å². The van der Waals surface area contributed by atoms with E-state index in [1.54, 1.807) is 7.11 Å². The summed E-state index contributed by atoms with van der Waals surface area (Å²) in [6.45, 7) is 2.29. The second-order valence-electron chi connectivity index (χ2n) is 7.85. The second-order valence-corrected chi connectivity index (χ2v) is 7.85. The van der Waals surface area contributed by atoms with Crippen molar-refractivity contribution in [2.75, 3.05) is 26.9 Å². The minimum atomic E-state index is -0.00732. The van der Waals surface area contributed by atoms with Crippen LogP contribution in [0.1, 0.15) is 44.9 Å². The van der Waals surface area contributed by atoms with E-state index >= 15 is 0 Å². The molecule has 3 aliphatic rings. The molecule has 0 aromatic heterocycles. The van der Waals surface area contributed by atoms with E-state index in [0.717, 1.165) is 64.7 Å². The number of methoxy groups -OCH3 is 1. The van der Waals surface area contributed by atoms with Gasteiger partial charge in [-0.25, -0.2) is 0 Å². The van der Waals surface area contributed by atoms with Crippen LogP contribution in [0.2, 0.25) is 0 Å². The predicted molar refractivity (Wildman–Crippen MR) is 97.2 cm³/mol. The smallest absolute Gasteiger partial charge is 0.225 e. The lowest BCUT2D eigenvalue weighted by Gasteiger charge is -2.36. The van der Waals surface area contributed by atoms with Gasteiger partial charge in [-0.2, -0.15) is 5.26 Å². The molecule has 0 aromatic rings. The number of nitrogens with one attached hydrogen (secondary N) is 3. The van der Waals surface area contributed by atoms with Gasteiger partial charge in [0.15, 0.2) is 0 Å². The molecule has 146 valence electrons. The quantitative estimate of drug-likeness (QED) is 0.671. The Hall–Kier alpha value is -1.20. The van der Waals surface area contributed by atoms with Crippen LogP contribution in [0.25, 0.3) is 0 Å². The predicted octanol–water partition coefficient (Wildman–Crippen LogP) is 0.904. The first-order chi connectivity index (χ1) is 12.7. The summed E-state index contributed by atoms with van der Waals surface area (Å²) in [5.74, 6) is 0.181. The summed E-state index contributed by atoms with van der Waals surface area (Å²) in [5.41, 5.74) is 0. The van der Waals surface area contributed by atoms with Crippen LogP contribution in [-0.4, -0.2) is 57.1 Å². The van der Waals surface area contributed by atoms with E-state index in [-0.39, 0.29) is 42.1 Å². The number of rotatable bonds is 5. The largest absolute Gasteiger partial charge is 0.380 e. The standard InChI is InChI=1S/C19H32N4O3/c1-25-18-8-17(5-2-13(18)9-20)26-16-6-3-15(4-7-16)23-19(24)14-10-21-12-22-11-14/h13-18,21-22H,2-8,10-12H2,1H3,(H,23,24). The third kappa shape index (κ3) is 5.17. The SMILES string of the molecule is COC1CC(OC2CCC(NC(=O)C3CNCNC3)CC2)CCC1C#N. The van der Waals surface area contributed by atoms with Gasteiger partial charge in [0.25, 0.3) is 0 Å². The lowest BCUT2D eigenvalue weighted by Crippen LogP contribution is -2.52. The summed E-state index contributed by atoms with van der Waals surface area (Å²) in [6.07, 6.45) is 6.99. The third-order valence-electron chi connectivity index (χ3n) is 6.02. The first-order valence-corrected chi connectivity index (χ1v) is 9.99. The number of carbonyl (C=O) groups excluding carboxylic acids is 1. The third-order valence-corrected chi connectivity index (χ3v) is 6.02. The average molecular weight is 364 g/mol. The van der Waals surface area contributed by atoms with Crippen LogP contribution in [0.5, 0.6) is 0 Å². The highest BCUT2D eigenvalue weighted by molar-refractivity contribution is 5.79. The molecule has 26 heavy (non-hydrogen) atoms. The van der Waals surface area contributed by atoms with Crippen molar-refractivity contribution in [3.8, 4) is 6.07 Å². The fraction of sp³-hybridized carbons (Fsp3) is 0.895. The van der Waals surface area contributed by atoms with Gasteiger partial charge >= 0.3 is 0 Å². The summed E-state index contributed by atoms with van der Waals surface area (Å²) in [5, 5.41) is 18.8. The Labute approximate surface area is 156 Å². The van der Waals surface area contributed by atoms with Crippen LogP contribution in [-0.2, 0) is 14.3 Å². The van der Waals surface area contributed by atoms with Crippen molar-refractivity contribution in [1.29, 1.82) is 5.26 Å². The van der Waals surface area contributed by atoms with E-state index in [4.69, 9.17) is 9.47 Å². The molecule has 3 atom stereocenters.